The Labute approximate surface area is 238 Å². The summed E-state index contributed by atoms with van der Waals surface area (Å²) < 4.78 is 0. The van der Waals surface area contributed by atoms with E-state index in [1.54, 1.807) is 0 Å². The summed E-state index contributed by atoms with van der Waals surface area (Å²) in [5.41, 5.74) is 10.4. The van der Waals surface area contributed by atoms with Gasteiger partial charge in [0, 0.05) is 29.9 Å². The predicted octanol–water partition coefficient (Wildman–Crippen LogP) is 9.58. The maximum Gasteiger partial charge on any atom is 0.0248 e. The Morgan fingerprint density at radius 3 is 2.57 bits per heavy atom. The van der Waals surface area contributed by atoms with Crippen LogP contribution in [0.1, 0.15) is 119 Å². The van der Waals surface area contributed by atoms with Crippen LogP contribution in [-0.4, -0.2) is 18.1 Å². The SMILES string of the molecule is CN/C=C(\N)CCSSC1CCC2(C)C(=CCC3C2CCC2(C)C3CCC2(C)C(C)CCCC(C)C)C1. The maximum atomic E-state index is 6.05. The van der Waals surface area contributed by atoms with Gasteiger partial charge in [-0.15, -0.1) is 0 Å². The number of hydrogen-bond acceptors (Lipinski definition) is 4. The molecule has 3 saturated carbocycles. The highest BCUT2D eigenvalue weighted by atomic mass is 33.1. The molecule has 0 aromatic heterocycles. The Hall–Kier alpha value is -0.220. The van der Waals surface area contributed by atoms with Gasteiger partial charge < -0.3 is 11.1 Å². The molecule has 8 atom stereocenters. The van der Waals surface area contributed by atoms with Crippen molar-refractivity contribution in [1.29, 1.82) is 0 Å². The van der Waals surface area contributed by atoms with Crippen molar-refractivity contribution in [1.82, 2.24) is 5.32 Å². The van der Waals surface area contributed by atoms with Gasteiger partial charge in [-0.05, 0) is 104 Å². The lowest BCUT2D eigenvalue weighted by Crippen LogP contribution is -2.53. The van der Waals surface area contributed by atoms with E-state index in [2.05, 4.69) is 63.7 Å². The summed E-state index contributed by atoms with van der Waals surface area (Å²) in [7, 11) is 6.10. The minimum atomic E-state index is 0.466. The summed E-state index contributed by atoms with van der Waals surface area (Å²) in [5.74, 6) is 5.61. The second-order valence-corrected chi connectivity index (χ2v) is 17.2. The fourth-order valence-corrected chi connectivity index (χ4v) is 12.2. The smallest absolute Gasteiger partial charge is 0.0248 e. The van der Waals surface area contributed by atoms with Crippen molar-refractivity contribution in [2.45, 2.75) is 124 Å². The highest BCUT2D eigenvalue weighted by Crippen LogP contribution is 2.71. The highest BCUT2D eigenvalue weighted by Gasteiger charge is 2.63. The van der Waals surface area contributed by atoms with E-state index in [0.29, 0.717) is 16.2 Å². The Kier molecular flexibility index (Phi) is 9.74. The number of allylic oxidation sites excluding steroid dienone is 3. The first-order valence-electron chi connectivity index (χ1n) is 15.6. The number of hydrogen-bond donors (Lipinski definition) is 2. The van der Waals surface area contributed by atoms with Gasteiger partial charge >= 0.3 is 0 Å². The van der Waals surface area contributed by atoms with Crippen molar-refractivity contribution in [3.05, 3.63) is 23.5 Å². The normalized spacial score (nSPS) is 40.5. The van der Waals surface area contributed by atoms with Crippen molar-refractivity contribution in [2.75, 3.05) is 12.8 Å². The van der Waals surface area contributed by atoms with Crippen molar-refractivity contribution in [3.63, 3.8) is 0 Å². The molecule has 3 fully saturated rings. The summed E-state index contributed by atoms with van der Waals surface area (Å²) in [5, 5.41) is 3.83. The Balaban J connectivity index is 1.38. The van der Waals surface area contributed by atoms with Crippen LogP contribution in [0.5, 0.6) is 0 Å². The zero-order valence-corrected chi connectivity index (χ0v) is 26.8. The Bertz CT molecular complexity index is 836. The summed E-state index contributed by atoms with van der Waals surface area (Å²) >= 11 is 0. The quantitative estimate of drug-likeness (QED) is 0.154. The second-order valence-electron chi connectivity index (χ2n) is 14.4. The maximum absolute atomic E-state index is 6.05. The lowest BCUT2D eigenvalue weighted by atomic mass is 9.45. The minimum Gasteiger partial charge on any atom is -0.401 e. The van der Waals surface area contributed by atoms with Gasteiger partial charge in [0.1, 0.15) is 0 Å². The molecule has 0 bridgehead atoms. The second kappa shape index (κ2) is 12.1. The van der Waals surface area contributed by atoms with Gasteiger partial charge in [0.15, 0.2) is 0 Å². The third-order valence-electron chi connectivity index (χ3n) is 12.2. The van der Waals surface area contributed by atoms with Crippen molar-refractivity contribution in [2.24, 2.45) is 51.6 Å². The fraction of sp³-hybridized carbons (Fsp3) is 0.879. The molecule has 4 aliphatic rings. The van der Waals surface area contributed by atoms with Crippen LogP contribution in [0.3, 0.4) is 0 Å². The Morgan fingerprint density at radius 1 is 1.08 bits per heavy atom. The van der Waals surface area contributed by atoms with Gasteiger partial charge in [-0.3, -0.25) is 0 Å². The summed E-state index contributed by atoms with van der Waals surface area (Å²) in [6.45, 7) is 15.5. The van der Waals surface area contributed by atoms with Crippen LogP contribution in [-0.2, 0) is 0 Å². The number of nitrogens with two attached hydrogens (primary N) is 1. The van der Waals surface area contributed by atoms with Gasteiger partial charge in [-0.2, -0.15) is 0 Å². The van der Waals surface area contributed by atoms with Crippen molar-refractivity contribution in [3.8, 4) is 0 Å². The largest absolute Gasteiger partial charge is 0.401 e. The summed E-state index contributed by atoms with van der Waals surface area (Å²) in [6, 6.07) is 0. The molecule has 0 radical (unpaired) electrons. The van der Waals surface area contributed by atoms with E-state index in [9.17, 15) is 0 Å². The van der Waals surface area contributed by atoms with E-state index < -0.39 is 0 Å². The van der Waals surface area contributed by atoms with Crippen molar-refractivity contribution < 1.29 is 0 Å². The molecule has 0 spiro atoms. The van der Waals surface area contributed by atoms with Crippen LogP contribution >= 0.6 is 21.6 Å². The van der Waals surface area contributed by atoms with Crippen LogP contribution < -0.4 is 11.1 Å². The fourth-order valence-electron chi connectivity index (χ4n) is 9.53. The van der Waals surface area contributed by atoms with E-state index in [1.807, 2.05) is 29.6 Å². The lowest BCUT2D eigenvalue weighted by Gasteiger charge is -2.60. The predicted molar refractivity (Wildman–Crippen MR) is 167 cm³/mol. The highest BCUT2D eigenvalue weighted by molar-refractivity contribution is 8.76. The first-order valence-corrected chi connectivity index (χ1v) is 18.0. The van der Waals surface area contributed by atoms with Crippen molar-refractivity contribution >= 4 is 21.6 Å². The number of fused-ring (bicyclic) bond motifs is 5. The molecule has 8 unspecified atom stereocenters. The molecule has 212 valence electrons. The standard InChI is InChI=1S/C33H58N2S2/c1-23(2)9-8-10-24(3)32(5)18-15-30-28-12-11-25-21-27(37-36-20-16-26(34)22-35-7)13-17-31(25,4)29(28)14-19-33(30,32)6/h11,22-24,27-30,35H,8-10,12-21,34H2,1-7H3/b26-22-. The minimum absolute atomic E-state index is 0.466. The van der Waals surface area contributed by atoms with Gasteiger partial charge in [0.05, 0.1) is 0 Å². The molecule has 0 amide bonds. The van der Waals surface area contributed by atoms with E-state index >= 15 is 0 Å². The zero-order chi connectivity index (χ0) is 26.8. The Morgan fingerprint density at radius 2 is 1.84 bits per heavy atom. The number of nitrogens with one attached hydrogen (secondary N) is 1. The van der Waals surface area contributed by atoms with Gasteiger partial charge in [-0.1, -0.05) is 94.0 Å². The summed E-state index contributed by atoms with van der Waals surface area (Å²) in [6.07, 6.45) is 21.3. The van der Waals surface area contributed by atoms with E-state index in [0.717, 1.165) is 52.7 Å². The first-order chi connectivity index (χ1) is 17.5. The molecule has 0 heterocycles. The third-order valence-corrected chi connectivity index (χ3v) is 15.1. The summed E-state index contributed by atoms with van der Waals surface area (Å²) in [4.78, 5) is 0. The topological polar surface area (TPSA) is 38.0 Å². The average Bonchev–Trinajstić information content (AvgIpc) is 3.13. The first kappa shape index (κ1) is 29.8. The molecule has 37 heavy (non-hydrogen) atoms. The van der Waals surface area contributed by atoms with Gasteiger partial charge in [-0.25, -0.2) is 0 Å². The van der Waals surface area contributed by atoms with Gasteiger partial charge in [0.2, 0.25) is 0 Å². The molecular formula is C33H58N2S2. The van der Waals surface area contributed by atoms with E-state index in [-0.39, 0.29) is 0 Å². The molecule has 0 aliphatic heterocycles. The molecule has 0 saturated heterocycles. The average molecular weight is 547 g/mol. The number of rotatable bonds is 11. The van der Waals surface area contributed by atoms with Crippen LogP contribution in [0.2, 0.25) is 0 Å². The zero-order valence-electron chi connectivity index (χ0n) is 25.2. The lowest BCUT2D eigenvalue weighted by molar-refractivity contribution is -0.0850. The molecule has 4 rings (SSSR count). The molecule has 4 aliphatic carbocycles. The molecular weight excluding hydrogens is 489 g/mol. The van der Waals surface area contributed by atoms with Crippen LogP contribution in [0.25, 0.3) is 0 Å². The molecule has 0 aromatic carbocycles. The van der Waals surface area contributed by atoms with Crippen LogP contribution in [0.4, 0.5) is 0 Å². The van der Waals surface area contributed by atoms with E-state index in [4.69, 9.17) is 5.73 Å². The third kappa shape index (κ3) is 5.82. The molecule has 4 heteroatoms. The monoisotopic (exact) mass is 546 g/mol. The van der Waals surface area contributed by atoms with Gasteiger partial charge in [0.25, 0.3) is 0 Å². The van der Waals surface area contributed by atoms with Crippen LogP contribution in [0.15, 0.2) is 23.5 Å². The van der Waals surface area contributed by atoms with Crippen LogP contribution in [0, 0.1) is 45.8 Å². The molecule has 3 N–H and O–H groups in total. The molecule has 2 nitrogen and oxygen atoms in total. The van der Waals surface area contributed by atoms with E-state index in [1.165, 1.54) is 70.6 Å². The molecule has 0 aromatic rings.